The van der Waals surface area contributed by atoms with Gasteiger partial charge in [0.15, 0.2) is 43.3 Å². The van der Waals surface area contributed by atoms with E-state index in [1.54, 1.807) is 6.92 Å². The van der Waals surface area contributed by atoms with Crippen LogP contribution in [0, 0.1) is 33.5 Å². The maximum Gasteiger partial charge on any atom is 0.303 e. The van der Waals surface area contributed by atoms with Crippen LogP contribution in [0.2, 0.25) is 0 Å². The van der Waals surface area contributed by atoms with Crippen LogP contribution in [0.3, 0.4) is 0 Å². The number of rotatable bonds is 18. The number of hydrogen-bond donors (Lipinski definition) is 15. The minimum Gasteiger partial charge on any atom is -0.459 e. The van der Waals surface area contributed by atoms with Crippen molar-refractivity contribution in [1.29, 1.82) is 0 Å². The number of aliphatic hydroxyl groups excluding tert-OH is 15. The number of Topliss-reactive ketones (excluding diaryl/α,β-unsaturated/α-hetero) is 1. The van der Waals surface area contributed by atoms with Crippen LogP contribution < -0.4 is 0 Å². The number of carbonyl (C=O) groups is 2. The summed E-state index contributed by atoms with van der Waals surface area (Å²) in [6.45, 7) is 9.71. The molecule has 29 heteroatoms. The first kappa shape index (κ1) is 68.7. The molecule has 4 aliphatic carbocycles. The van der Waals surface area contributed by atoms with E-state index in [-0.39, 0.29) is 36.1 Å². The molecule has 2 saturated carbocycles. The molecule has 0 radical (unpaired) electrons. The van der Waals surface area contributed by atoms with E-state index in [0.717, 1.165) is 19.3 Å². The Kier molecular flexibility index (Phi) is 20.5. The van der Waals surface area contributed by atoms with E-state index in [0.29, 0.717) is 32.1 Å². The average Bonchev–Trinajstić information content (AvgIpc) is 1.48. The topological polar surface area (TPSA) is 448 Å². The summed E-state index contributed by atoms with van der Waals surface area (Å²) < 4.78 is 72.9. The Balaban J connectivity index is 0.856. The molecular formula is C59H94O29. The maximum atomic E-state index is 13.4. The normalized spacial score (nSPS) is 53.0. The van der Waals surface area contributed by atoms with Crippen molar-refractivity contribution in [2.24, 2.45) is 33.5 Å². The van der Waals surface area contributed by atoms with E-state index in [1.165, 1.54) is 18.1 Å². The smallest absolute Gasteiger partial charge is 0.303 e. The first-order valence-corrected chi connectivity index (χ1v) is 31.0. The molecule has 10 rings (SSSR count). The summed E-state index contributed by atoms with van der Waals surface area (Å²) in [7, 11) is 0. The van der Waals surface area contributed by atoms with Crippen LogP contribution in [0.25, 0.3) is 0 Å². The molecule has 0 bridgehead atoms. The van der Waals surface area contributed by atoms with Crippen molar-refractivity contribution in [2.75, 3.05) is 39.6 Å². The van der Waals surface area contributed by atoms with Crippen LogP contribution in [0.1, 0.15) is 106 Å². The van der Waals surface area contributed by atoms with E-state index in [1.807, 2.05) is 13.8 Å². The number of ketones is 1. The molecule has 33 atom stereocenters. The Morgan fingerprint density at radius 2 is 1.10 bits per heavy atom. The zero-order valence-corrected chi connectivity index (χ0v) is 50.7. The molecule has 0 aromatic rings. The fourth-order valence-electron chi connectivity index (χ4n) is 17.3. The van der Waals surface area contributed by atoms with Gasteiger partial charge in [-0.15, -0.1) is 0 Å². The number of hydrogen-bond acceptors (Lipinski definition) is 29. The monoisotopic (exact) mass is 1270 g/mol. The van der Waals surface area contributed by atoms with Crippen LogP contribution >= 0.6 is 0 Å². The number of allylic oxidation sites excluding steroid dienone is 2. The third kappa shape index (κ3) is 11.3. The summed E-state index contributed by atoms with van der Waals surface area (Å²) in [6.07, 6.45) is -38.5. The quantitative estimate of drug-likeness (QED) is 0.0455. The summed E-state index contributed by atoms with van der Waals surface area (Å²) in [5, 5.41) is 164. The second kappa shape index (κ2) is 26.2. The van der Waals surface area contributed by atoms with Crippen LogP contribution in [-0.4, -0.2) is 293 Å². The molecule has 0 aromatic heterocycles. The number of aliphatic hydroxyl groups is 15. The van der Waals surface area contributed by atoms with Gasteiger partial charge in [-0.3, -0.25) is 9.59 Å². The molecule has 6 aliphatic heterocycles. The lowest BCUT2D eigenvalue weighted by Gasteiger charge is -2.63. The summed E-state index contributed by atoms with van der Waals surface area (Å²) in [6, 6.07) is 0. The molecule has 0 amide bonds. The largest absolute Gasteiger partial charge is 0.459 e. The van der Waals surface area contributed by atoms with E-state index in [2.05, 4.69) is 20.8 Å². The van der Waals surface area contributed by atoms with Gasteiger partial charge < -0.3 is 133 Å². The molecule has 33 unspecified atom stereocenters. The van der Waals surface area contributed by atoms with Crippen LogP contribution in [0.15, 0.2) is 11.1 Å². The van der Waals surface area contributed by atoms with Gasteiger partial charge in [0.05, 0.1) is 51.3 Å². The maximum absolute atomic E-state index is 13.4. The van der Waals surface area contributed by atoms with E-state index >= 15 is 0 Å². The van der Waals surface area contributed by atoms with E-state index in [4.69, 9.17) is 56.8 Å². The van der Waals surface area contributed by atoms with Gasteiger partial charge in [0.1, 0.15) is 116 Å². The summed E-state index contributed by atoms with van der Waals surface area (Å²) in [5.74, 6) is -0.964. The fourth-order valence-corrected chi connectivity index (χ4v) is 17.3. The predicted octanol–water partition coefficient (Wildman–Crippen LogP) is -4.46. The van der Waals surface area contributed by atoms with Crippen molar-refractivity contribution in [2.45, 2.75) is 271 Å². The van der Waals surface area contributed by atoms with Gasteiger partial charge in [-0.1, -0.05) is 52.7 Å². The van der Waals surface area contributed by atoms with Gasteiger partial charge in [-0.05, 0) is 68.1 Å². The Hall–Kier alpha value is -2.16. The lowest BCUT2D eigenvalue weighted by molar-refractivity contribution is -0.397. The Morgan fingerprint density at radius 3 is 1.70 bits per heavy atom. The van der Waals surface area contributed by atoms with Crippen LogP contribution in [0.4, 0.5) is 0 Å². The van der Waals surface area contributed by atoms with Gasteiger partial charge in [-0.25, -0.2) is 0 Å². The highest BCUT2D eigenvalue weighted by Crippen LogP contribution is 2.75. The first-order chi connectivity index (χ1) is 41.5. The molecule has 15 N–H and O–H groups in total. The fraction of sp³-hybridized carbons (Fsp3) is 0.932. The lowest BCUT2D eigenvalue weighted by Crippen LogP contribution is -2.67. The zero-order chi connectivity index (χ0) is 64.1. The third-order valence-corrected chi connectivity index (χ3v) is 22.7. The van der Waals surface area contributed by atoms with Gasteiger partial charge in [0.2, 0.25) is 0 Å². The van der Waals surface area contributed by atoms with Crippen molar-refractivity contribution in [3.8, 4) is 0 Å². The van der Waals surface area contributed by atoms with E-state index in [9.17, 15) is 86.2 Å². The Bertz CT molecular complexity index is 2480. The molecule has 6 heterocycles. The number of esters is 1. The molecule has 1 spiro atoms. The third-order valence-electron chi connectivity index (χ3n) is 22.7. The highest BCUT2D eigenvalue weighted by atomic mass is 16.8. The Labute approximate surface area is 509 Å². The van der Waals surface area contributed by atoms with Gasteiger partial charge in [-0.2, -0.15) is 0 Å². The number of fused-ring (bicyclic) bond motifs is 5. The molecule has 504 valence electrons. The van der Waals surface area contributed by atoms with E-state index < -0.39 is 220 Å². The number of ether oxygens (including phenoxy) is 12. The minimum atomic E-state index is -2.06. The summed E-state index contributed by atoms with van der Waals surface area (Å²) in [4.78, 5) is 25.9. The Morgan fingerprint density at radius 1 is 0.557 bits per heavy atom. The molecule has 0 aromatic carbocycles. The van der Waals surface area contributed by atoms with Gasteiger partial charge in [0, 0.05) is 30.1 Å². The molecule has 8 fully saturated rings. The lowest BCUT2D eigenvalue weighted by atomic mass is 9.42. The summed E-state index contributed by atoms with van der Waals surface area (Å²) >= 11 is 0. The predicted molar refractivity (Wildman–Crippen MR) is 292 cm³/mol. The van der Waals surface area contributed by atoms with Crippen LogP contribution in [0.5, 0.6) is 0 Å². The van der Waals surface area contributed by atoms with Crippen molar-refractivity contribution in [1.82, 2.24) is 0 Å². The highest BCUT2D eigenvalue weighted by molar-refractivity contribution is 5.84. The second-order valence-electron chi connectivity index (χ2n) is 27.1. The van der Waals surface area contributed by atoms with Crippen molar-refractivity contribution < 1.29 is 143 Å². The van der Waals surface area contributed by atoms with Gasteiger partial charge in [0.25, 0.3) is 0 Å². The molecule has 10 aliphatic rings. The number of carbonyl (C=O) groups excluding carboxylic acids is 2. The molecule has 6 saturated heterocycles. The van der Waals surface area contributed by atoms with Crippen molar-refractivity contribution >= 4 is 11.8 Å². The van der Waals surface area contributed by atoms with Crippen LogP contribution in [-0.2, 0) is 66.4 Å². The minimum absolute atomic E-state index is 0.102. The SMILES string of the molecule is CCC(=O)C1OC2(CCC3(C)C4=C(CCC32C)C2(C)CCC(OC3OC(COC5OCC(O)C(O)C5OC5OC(CO)C(O)C(OC6OC(CO)C(O)C(O)C6O)C5OC5OC(CO)C(O)C5O)C(O)C(O)C3O)C(C)(CO)C2CC4)C(C)C1OC(C)=O. The first-order valence-electron chi connectivity index (χ1n) is 31.0. The average molecular weight is 1270 g/mol. The van der Waals surface area contributed by atoms with Crippen molar-refractivity contribution in [3.05, 3.63) is 11.1 Å². The summed E-state index contributed by atoms with van der Waals surface area (Å²) in [5.41, 5.74) is -0.157. The molecule has 88 heavy (non-hydrogen) atoms. The van der Waals surface area contributed by atoms with Crippen molar-refractivity contribution in [3.63, 3.8) is 0 Å². The zero-order valence-electron chi connectivity index (χ0n) is 50.7. The molecule has 29 nitrogen and oxygen atoms in total. The highest BCUT2D eigenvalue weighted by Gasteiger charge is 2.74. The second-order valence-corrected chi connectivity index (χ2v) is 27.1. The van der Waals surface area contributed by atoms with Gasteiger partial charge >= 0.3 is 5.97 Å². The molecular weight excluding hydrogens is 1170 g/mol. The standard InChI is InChI=1S/C59H94O29/c1-8-27(65)46-45(79-24(3)64)23(2)59(88-46)16-15-57(6)26-9-10-33-55(4,25(26)11-14-58(57,59)7)13-12-34(56(33,5)22-63)84-50-43(75)41(73)38(70)32(83-50)21-78-53-48(35(67)28(66)20-77-53)86-54-49(87-51-42(74)37(69)30(18-61)81-51)47(39(71)31(19-62)82-54)85-52-44(76)40(72)36(68)29(17-60)80-52/h23,28-54,60-63,66-76H,8-22H2,1-7H3.